The van der Waals surface area contributed by atoms with Gasteiger partial charge in [0.15, 0.2) is 0 Å². The summed E-state index contributed by atoms with van der Waals surface area (Å²) in [5.74, 6) is -0.845. The summed E-state index contributed by atoms with van der Waals surface area (Å²) in [6, 6.07) is 14.1. The van der Waals surface area contributed by atoms with Crippen molar-refractivity contribution in [2.45, 2.75) is 31.8 Å². The van der Waals surface area contributed by atoms with Crippen LogP contribution in [0.3, 0.4) is 0 Å². The quantitative estimate of drug-likeness (QED) is 0.874. The molecule has 2 aromatic rings. The fourth-order valence-electron chi connectivity index (χ4n) is 3.16. The highest BCUT2D eigenvalue weighted by Crippen LogP contribution is 2.36. The molecule has 1 saturated carbocycles. The highest BCUT2D eigenvalue weighted by atomic mass is 32.2. The van der Waals surface area contributed by atoms with Crippen LogP contribution in [-0.4, -0.2) is 38.1 Å². The Morgan fingerprint density at radius 1 is 1.21 bits per heavy atom. The minimum atomic E-state index is -3.57. The van der Waals surface area contributed by atoms with Crippen molar-refractivity contribution in [1.82, 2.24) is 9.62 Å². The average molecular weight is 346 g/mol. The lowest BCUT2D eigenvalue weighted by atomic mass is 9.98. The van der Waals surface area contributed by atoms with Gasteiger partial charge < -0.3 is 4.90 Å². The van der Waals surface area contributed by atoms with Crippen LogP contribution in [0.4, 0.5) is 0 Å². The van der Waals surface area contributed by atoms with E-state index in [1.165, 1.54) is 7.05 Å². The SMILES string of the molecule is CNS(=O)(=O)CC(=O)N(C1CC1)[C@H](C)c1cccc2ccccc12. The number of nitrogens with zero attached hydrogens (tertiary/aromatic N) is 1. The first kappa shape index (κ1) is 16.9. The monoisotopic (exact) mass is 346 g/mol. The summed E-state index contributed by atoms with van der Waals surface area (Å²) in [6.45, 7) is 1.98. The zero-order chi connectivity index (χ0) is 17.3. The Morgan fingerprint density at radius 3 is 2.54 bits per heavy atom. The Labute approximate surface area is 142 Å². The zero-order valence-electron chi connectivity index (χ0n) is 13.9. The van der Waals surface area contributed by atoms with E-state index >= 15 is 0 Å². The summed E-state index contributed by atoms with van der Waals surface area (Å²) in [6.07, 6.45) is 1.86. The van der Waals surface area contributed by atoms with Crippen LogP contribution >= 0.6 is 0 Å². The highest BCUT2D eigenvalue weighted by Gasteiger charge is 2.37. The van der Waals surface area contributed by atoms with Crippen molar-refractivity contribution >= 4 is 26.7 Å². The Hall–Kier alpha value is -1.92. The van der Waals surface area contributed by atoms with Crippen molar-refractivity contribution in [2.75, 3.05) is 12.8 Å². The molecular formula is C18H22N2O3S. The van der Waals surface area contributed by atoms with Gasteiger partial charge in [0.25, 0.3) is 0 Å². The first-order valence-corrected chi connectivity index (χ1v) is 9.78. The van der Waals surface area contributed by atoms with E-state index in [9.17, 15) is 13.2 Å². The van der Waals surface area contributed by atoms with Gasteiger partial charge in [0, 0.05) is 6.04 Å². The van der Waals surface area contributed by atoms with Crippen LogP contribution in [0.2, 0.25) is 0 Å². The molecule has 1 amide bonds. The standard InChI is InChI=1S/C18H22N2O3S/c1-13(16-9-5-7-14-6-3-4-8-17(14)16)20(15-10-11-15)18(21)12-24(22,23)19-2/h3-9,13,15,19H,10-12H2,1-2H3/t13-/m1/s1. The number of nitrogens with one attached hydrogen (secondary N) is 1. The van der Waals surface area contributed by atoms with Crippen LogP contribution in [-0.2, 0) is 14.8 Å². The van der Waals surface area contributed by atoms with Crippen LogP contribution < -0.4 is 4.72 Å². The molecule has 2 aromatic carbocycles. The molecule has 0 aliphatic heterocycles. The number of carbonyl (C=O) groups excluding carboxylic acids is 1. The molecule has 0 unspecified atom stereocenters. The molecule has 0 bridgehead atoms. The largest absolute Gasteiger partial charge is 0.332 e. The third kappa shape index (κ3) is 3.44. The van der Waals surface area contributed by atoms with Crippen molar-refractivity contribution in [1.29, 1.82) is 0 Å². The smallest absolute Gasteiger partial charge is 0.239 e. The zero-order valence-corrected chi connectivity index (χ0v) is 14.7. The summed E-state index contributed by atoms with van der Waals surface area (Å²) < 4.78 is 25.8. The second-order valence-electron chi connectivity index (χ2n) is 6.24. The van der Waals surface area contributed by atoms with E-state index in [0.29, 0.717) is 0 Å². The first-order valence-electron chi connectivity index (χ1n) is 8.13. The number of rotatable bonds is 6. The molecule has 0 spiro atoms. The summed E-state index contributed by atoms with van der Waals surface area (Å²) in [7, 11) is -2.24. The van der Waals surface area contributed by atoms with Crippen LogP contribution in [0, 0.1) is 0 Å². The normalized spacial score (nSPS) is 16.1. The van der Waals surface area contributed by atoms with Gasteiger partial charge in [-0.05, 0) is 43.1 Å². The number of amides is 1. The molecule has 1 fully saturated rings. The predicted molar refractivity (Wildman–Crippen MR) is 95.1 cm³/mol. The summed E-state index contributed by atoms with van der Waals surface area (Å²) in [5, 5.41) is 2.22. The number of carbonyl (C=O) groups is 1. The Bertz CT molecular complexity index is 854. The van der Waals surface area contributed by atoms with E-state index in [2.05, 4.69) is 4.72 Å². The lowest BCUT2D eigenvalue weighted by molar-refractivity contribution is -0.131. The molecule has 5 nitrogen and oxygen atoms in total. The Morgan fingerprint density at radius 2 is 1.88 bits per heavy atom. The molecule has 1 aliphatic carbocycles. The second kappa shape index (κ2) is 6.53. The van der Waals surface area contributed by atoms with Crippen molar-refractivity contribution in [3.8, 4) is 0 Å². The van der Waals surface area contributed by atoms with Gasteiger partial charge in [0.05, 0.1) is 6.04 Å². The maximum Gasteiger partial charge on any atom is 0.239 e. The van der Waals surface area contributed by atoms with Crippen molar-refractivity contribution < 1.29 is 13.2 Å². The lowest BCUT2D eigenvalue weighted by Crippen LogP contribution is -2.41. The average Bonchev–Trinajstić information content (AvgIpc) is 3.38. The van der Waals surface area contributed by atoms with Crippen LogP contribution in [0.15, 0.2) is 42.5 Å². The number of sulfonamides is 1. The van der Waals surface area contributed by atoms with E-state index in [1.54, 1.807) is 4.90 Å². The molecular weight excluding hydrogens is 324 g/mol. The second-order valence-corrected chi connectivity index (χ2v) is 8.17. The third-order valence-corrected chi connectivity index (χ3v) is 5.79. The molecule has 0 saturated heterocycles. The molecule has 128 valence electrons. The van der Waals surface area contributed by atoms with Gasteiger partial charge in [-0.25, -0.2) is 13.1 Å². The van der Waals surface area contributed by atoms with Gasteiger partial charge in [0.2, 0.25) is 15.9 Å². The Kier molecular flexibility index (Phi) is 4.60. The molecule has 0 radical (unpaired) electrons. The molecule has 1 N–H and O–H groups in total. The van der Waals surface area contributed by atoms with E-state index < -0.39 is 15.8 Å². The number of fused-ring (bicyclic) bond motifs is 1. The van der Waals surface area contributed by atoms with Crippen molar-refractivity contribution in [2.24, 2.45) is 0 Å². The minimum absolute atomic E-state index is 0.138. The molecule has 6 heteroatoms. The maximum absolute atomic E-state index is 12.7. The van der Waals surface area contributed by atoms with Crippen molar-refractivity contribution in [3.63, 3.8) is 0 Å². The van der Waals surface area contributed by atoms with Crippen molar-refractivity contribution in [3.05, 3.63) is 48.0 Å². The number of hydrogen-bond acceptors (Lipinski definition) is 3. The van der Waals surface area contributed by atoms with Crippen LogP contribution in [0.5, 0.6) is 0 Å². The first-order chi connectivity index (χ1) is 11.4. The summed E-state index contributed by atoms with van der Waals surface area (Å²) in [4.78, 5) is 14.4. The molecule has 24 heavy (non-hydrogen) atoms. The third-order valence-electron chi connectivity index (χ3n) is 4.54. The van der Waals surface area contributed by atoms with Gasteiger partial charge >= 0.3 is 0 Å². The van der Waals surface area contributed by atoms with E-state index in [-0.39, 0.29) is 18.0 Å². The van der Waals surface area contributed by atoms with Gasteiger partial charge in [-0.2, -0.15) is 0 Å². The molecule has 1 atom stereocenters. The summed E-state index contributed by atoms with van der Waals surface area (Å²) in [5.41, 5.74) is 1.05. The lowest BCUT2D eigenvalue weighted by Gasteiger charge is -2.30. The maximum atomic E-state index is 12.7. The van der Waals surface area contributed by atoms with Gasteiger partial charge in [-0.1, -0.05) is 42.5 Å². The fourth-order valence-corrected chi connectivity index (χ4v) is 3.78. The van der Waals surface area contributed by atoms with Gasteiger partial charge in [0.1, 0.15) is 5.75 Å². The van der Waals surface area contributed by atoms with Crippen LogP contribution in [0.25, 0.3) is 10.8 Å². The Balaban J connectivity index is 1.95. The highest BCUT2D eigenvalue weighted by molar-refractivity contribution is 7.90. The van der Waals surface area contributed by atoms with E-state index in [4.69, 9.17) is 0 Å². The molecule has 3 rings (SSSR count). The van der Waals surface area contributed by atoms with Crippen LogP contribution in [0.1, 0.15) is 31.4 Å². The van der Waals surface area contributed by atoms with Gasteiger partial charge in [-0.3, -0.25) is 4.79 Å². The molecule has 0 heterocycles. The minimum Gasteiger partial charge on any atom is -0.332 e. The van der Waals surface area contributed by atoms with Gasteiger partial charge in [-0.15, -0.1) is 0 Å². The topological polar surface area (TPSA) is 66.5 Å². The summed E-state index contributed by atoms with van der Waals surface area (Å²) >= 11 is 0. The van der Waals surface area contributed by atoms with E-state index in [1.807, 2.05) is 49.4 Å². The predicted octanol–water partition coefficient (Wildman–Crippen LogP) is 2.44. The molecule has 1 aliphatic rings. The number of hydrogen-bond donors (Lipinski definition) is 1. The fraction of sp³-hybridized carbons (Fsp3) is 0.389. The number of benzene rings is 2. The van der Waals surface area contributed by atoms with E-state index in [0.717, 1.165) is 29.2 Å². The molecule has 0 aromatic heterocycles.